The van der Waals surface area contributed by atoms with Gasteiger partial charge in [0.05, 0.1) is 11.3 Å². The van der Waals surface area contributed by atoms with Crippen LogP contribution in [0.2, 0.25) is 0 Å². The number of allylic oxidation sites excluding steroid dienone is 8. The van der Waals surface area contributed by atoms with Gasteiger partial charge in [-0.15, -0.1) is 0 Å². The molecule has 4 aliphatic carbocycles. The first-order chi connectivity index (χ1) is 19.8. The van der Waals surface area contributed by atoms with E-state index < -0.39 is 0 Å². The monoisotopic (exact) mass is 521 g/mol. The summed E-state index contributed by atoms with van der Waals surface area (Å²) in [6, 6.07) is 15.6. The van der Waals surface area contributed by atoms with Crippen molar-refractivity contribution in [2.45, 2.75) is 43.3 Å². The highest BCUT2D eigenvalue weighted by Crippen LogP contribution is 2.54. The molecule has 7 unspecified atom stereocenters. The molecule has 0 radical (unpaired) electrons. The van der Waals surface area contributed by atoms with Crippen LogP contribution in [0.1, 0.15) is 41.3 Å². The Balaban J connectivity index is 1.21. The average molecular weight is 522 g/mol. The number of benzene rings is 1. The van der Waals surface area contributed by atoms with Crippen LogP contribution >= 0.6 is 0 Å². The molecule has 5 aliphatic rings. The average Bonchev–Trinajstić information content (AvgIpc) is 3.57. The van der Waals surface area contributed by atoms with E-state index in [0.29, 0.717) is 29.5 Å². The molecule has 2 aromatic heterocycles. The number of aromatic nitrogens is 1. The molecule has 0 amide bonds. The molecular formula is C36H31N3O. The molecule has 1 fully saturated rings. The van der Waals surface area contributed by atoms with Gasteiger partial charge in [0.15, 0.2) is 0 Å². The lowest BCUT2D eigenvalue weighted by atomic mass is 9.73. The first-order valence-electron chi connectivity index (χ1n) is 14.5. The molecule has 0 spiro atoms. The minimum absolute atomic E-state index is 0.240. The molecule has 1 saturated heterocycles. The summed E-state index contributed by atoms with van der Waals surface area (Å²) in [6.07, 6.45) is 30.0. The molecule has 1 aliphatic heterocycles. The fraction of sp³-hybridized carbons (Fsp3) is 0.278. The Labute approximate surface area is 235 Å². The minimum atomic E-state index is 0.240. The van der Waals surface area contributed by atoms with Gasteiger partial charge in [-0.1, -0.05) is 85.0 Å². The third-order valence-corrected chi connectivity index (χ3v) is 9.78. The van der Waals surface area contributed by atoms with Crippen molar-refractivity contribution in [1.29, 1.82) is 5.26 Å². The zero-order valence-corrected chi connectivity index (χ0v) is 22.3. The van der Waals surface area contributed by atoms with Crippen molar-refractivity contribution < 1.29 is 4.42 Å². The Morgan fingerprint density at radius 2 is 1.70 bits per heavy atom. The molecule has 0 N–H and O–H groups in total. The van der Waals surface area contributed by atoms with E-state index in [-0.39, 0.29) is 17.9 Å². The molecular weight excluding hydrogens is 490 g/mol. The van der Waals surface area contributed by atoms with Gasteiger partial charge in [-0.2, -0.15) is 5.26 Å². The summed E-state index contributed by atoms with van der Waals surface area (Å²) in [5.41, 5.74) is 5.07. The van der Waals surface area contributed by atoms with E-state index in [1.165, 1.54) is 22.3 Å². The molecule has 196 valence electrons. The third kappa shape index (κ3) is 3.51. The summed E-state index contributed by atoms with van der Waals surface area (Å²) in [7, 11) is 0. The number of rotatable bonds is 3. The number of hydrogen-bond acceptors (Lipinski definition) is 4. The summed E-state index contributed by atoms with van der Waals surface area (Å²) < 4.78 is 6.66. The second-order valence-electron chi connectivity index (χ2n) is 11.6. The van der Waals surface area contributed by atoms with E-state index >= 15 is 0 Å². The number of fused-ring (bicyclic) bond motifs is 7. The quantitative estimate of drug-likeness (QED) is 0.363. The number of hydrogen-bond donors (Lipinski definition) is 0. The standard InChI is InChI=1S/C36H31N3O/c37-22-23-10-9-21-38-35(23)27-14-2-1-11-24(27)25-12-3-6-16-30(25)39-31-17-7-4-15-29(31)34-32(39)20-19-28-26-13-5-8-18-33(26)40-36(28)34/h1-10,12-18,21,24-25,29-32,34H,11,19-20H2. The van der Waals surface area contributed by atoms with Gasteiger partial charge in [0.25, 0.3) is 0 Å². The van der Waals surface area contributed by atoms with Gasteiger partial charge in [0.2, 0.25) is 0 Å². The second-order valence-corrected chi connectivity index (χ2v) is 11.6. The van der Waals surface area contributed by atoms with Crippen LogP contribution in [-0.2, 0) is 6.42 Å². The second kappa shape index (κ2) is 9.47. The van der Waals surface area contributed by atoms with Crippen molar-refractivity contribution >= 4 is 16.5 Å². The number of nitriles is 1. The highest BCUT2D eigenvalue weighted by atomic mass is 16.3. The molecule has 1 aromatic carbocycles. The van der Waals surface area contributed by atoms with Crippen LogP contribution in [0.15, 0.2) is 114 Å². The van der Waals surface area contributed by atoms with Crippen molar-refractivity contribution in [2.75, 3.05) is 0 Å². The summed E-state index contributed by atoms with van der Waals surface area (Å²) in [6.45, 7) is 0. The molecule has 3 heterocycles. The van der Waals surface area contributed by atoms with Gasteiger partial charge in [-0.05, 0) is 49.0 Å². The van der Waals surface area contributed by atoms with Gasteiger partial charge >= 0.3 is 0 Å². The van der Waals surface area contributed by atoms with E-state index in [9.17, 15) is 5.26 Å². The highest BCUT2D eigenvalue weighted by molar-refractivity contribution is 5.83. The van der Waals surface area contributed by atoms with Gasteiger partial charge in [-0.25, -0.2) is 0 Å². The van der Waals surface area contributed by atoms with Crippen molar-refractivity contribution in [3.05, 3.63) is 132 Å². The number of furan rings is 1. The Morgan fingerprint density at radius 1 is 0.900 bits per heavy atom. The lowest BCUT2D eigenvalue weighted by Crippen LogP contribution is -2.50. The minimum Gasteiger partial charge on any atom is -0.460 e. The predicted molar refractivity (Wildman–Crippen MR) is 158 cm³/mol. The topological polar surface area (TPSA) is 53.1 Å². The zero-order chi connectivity index (χ0) is 26.6. The van der Waals surface area contributed by atoms with Crippen LogP contribution in [0.3, 0.4) is 0 Å². The summed E-state index contributed by atoms with van der Waals surface area (Å²) in [5, 5.41) is 11.2. The Kier molecular flexibility index (Phi) is 5.60. The van der Waals surface area contributed by atoms with Crippen LogP contribution in [0.25, 0.3) is 16.5 Å². The lowest BCUT2D eigenvalue weighted by Gasteiger charge is -2.44. The van der Waals surface area contributed by atoms with E-state index in [1.807, 2.05) is 18.3 Å². The molecule has 0 saturated carbocycles. The van der Waals surface area contributed by atoms with E-state index in [2.05, 4.69) is 102 Å². The number of para-hydroxylation sites is 1. The van der Waals surface area contributed by atoms with Crippen LogP contribution in [-0.4, -0.2) is 28.0 Å². The maximum absolute atomic E-state index is 9.87. The zero-order valence-electron chi connectivity index (χ0n) is 22.3. The first kappa shape index (κ1) is 23.7. The fourth-order valence-corrected chi connectivity index (χ4v) is 8.22. The maximum Gasteiger partial charge on any atom is 0.134 e. The number of nitrogens with zero attached hydrogens (tertiary/aromatic N) is 3. The number of likely N-dealkylation sites (tertiary alicyclic amines) is 1. The van der Waals surface area contributed by atoms with Crippen LogP contribution < -0.4 is 0 Å². The predicted octanol–water partition coefficient (Wildman–Crippen LogP) is 7.29. The summed E-state index contributed by atoms with van der Waals surface area (Å²) in [5.74, 6) is 2.44. The molecule has 3 aromatic rings. The highest BCUT2D eigenvalue weighted by Gasteiger charge is 2.54. The summed E-state index contributed by atoms with van der Waals surface area (Å²) >= 11 is 0. The van der Waals surface area contributed by atoms with Gasteiger partial charge in [-0.3, -0.25) is 9.88 Å². The molecule has 40 heavy (non-hydrogen) atoms. The van der Waals surface area contributed by atoms with E-state index in [0.717, 1.165) is 30.5 Å². The van der Waals surface area contributed by atoms with Crippen molar-refractivity contribution in [2.24, 2.45) is 17.8 Å². The molecule has 7 atom stereocenters. The Bertz CT molecular complexity index is 1710. The van der Waals surface area contributed by atoms with Crippen LogP contribution in [0.4, 0.5) is 0 Å². The van der Waals surface area contributed by atoms with Gasteiger partial charge < -0.3 is 4.42 Å². The number of pyridine rings is 1. The number of aryl methyl sites for hydroxylation is 1. The Morgan fingerprint density at radius 3 is 2.58 bits per heavy atom. The van der Waals surface area contributed by atoms with Crippen molar-refractivity contribution in [1.82, 2.24) is 9.88 Å². The van der Waals surface area contributed by atoms with Crippen LogP contribution in [0.5, 0.6) is 0 Å². The molecule has 4 nitrogen and oxygen atoms in total. The molecule has 0 bridgehead atoms. The molecule has 8 rings (SSSR count). The maximum atomic E-state index is 9.87. The van der Waals surface area contributed by atoms with E-state index in [4.69, 9.17) is 9.40 Å². The normalized spacial score (nSPS) is 32.0. The molecule has 4 heteroatoms. The van der Waals surface area contributed by atoms with Crippen LogP contribution in [0, 0.1) is 29.1 Å². The fourth-order valence-electron chi connectivity index (χ4n) is 8.22. The smallest absolute Gasteiger partial charge is 0.134 e. The lowest BCUT2D eigenvalue weighted by molar-refractivity contribution is 0.117. The van der Waals surface area contributed by atoms with Gasteiger partial charge in [0.1, 0.15) is 17.4 Å². The van der Waals surface area contributed by atoms with E-state index in [1.54, 1.807) is 0 Å². The third-order valence-electron chi connectivity index (χ3n) is 9.78. The SMILES string of the molecule is N#Cc1cccnc1C1=CC=CCC1C1C=CC=CC1N1C2C=CC=CC2C2c3oc4ccccc4c3CCC21. The van der Waals surface area contributed by atoms with Gasteiger partial charge in [0, 0.05) is 53.0 Å². The van der Waals surface area contributed by atoms with Crippen molar-refractivity contribution in [3.8, 4) is 6.07 Å². The Hall–Kier alpha value is -4.20. The summed E-state index contributed by atoms with van der Waals surface area (Å²) in [4.78, 5) is 7.52. The van der Waals surface area contributed by atoms with Crippen molar-refractivity contribution in [3.63, 3.8) is 0 Å². The first-order valence-corrected chi connectivity index (χ1v) is 14.5. The largest absolute Gasteiger partial charge is 0.460 e.